The van der Waals surface area contributed by atoms with Gasteiger partial charge >= 0.3 is 0 Å². The van der Waals surface area contributed by atoms with Gasteiger partial charge in [-0.05, 0) is 24.8 Å². The molecule has 4 nitrogen and oxygen atoms in total. The fourth-order valence-electron chi connectivity index (χ4n) is 3.98. The lowest BCUT2D eigenvalue weighted by Gasteiger charge is -2.33. The molecule has 0 aliphatic heterocycles. The molecular formula is C17H21NO3S. The molecular weight excluding hydrogens is 298 g/mol. The van der Waals surface area contributed by atoms with Gasteiger partial charge in [-0.2, -0.15) is 0 Å². The summed E-state index contributed by atoms with van der Waals surface area (Å²) in [6.07, 6.45) is 4.75. The quantitative estimate of drug-likeness (QED) is 0.476. The van der Waals surface area contributed by atoms with Crippen LogP contribution in [-0.2, 0) is 10.8 Å². The van der Waals surface area contributed by atoms with Crippen LogP contribution < -0.4 is 0 Å². The van der Waals surface area contributed by atoms with Gasteiger partial charge in [-0.25, -0.2) is 0 Å². The summed E-state index contributed by atoms with van der Waals surface area (Å²) < 4.78 is 12.3. The first-order valence-electron chi connectivity index (χ1n) is 7.69. The summed E-state index contributed by atoms with van der Waals surface area (Å²) in [5.74, 6) is 0.620. The zero-order chi connectivity index (χ0) is 15.9. The van der Waals surface area contributed by atoms with E-state index in [1.54, 1.807) is 0 Å². The van der Waals surface area contributed by atoms with Crippen LogP contribution in [0.3, 0.4) is 0 Å². The molecule has 5 heteroatoms. The lowest BCUT2D eigenvalue weighted by molar-refractivity contribution is -0.531. The maximum atomic E-state index is 13.0. The van der Waals surface area contributed by atoms with E-state index in [1.807, 2.05) is 56.3 Å². The van der Waals surface area contributed by atoms with Crippen molar-refractivity contribution < 1.29 is 9.13 Å². The molecule has 6 atom stereocenters. The molecule has 0 aromatic heterocycles. The maximum absolute atomic E-state index is 13.0. The molecule has 0 N–H and O–H groups in total. The van der Waals surface area contributed by atoms with E-state index in [0.29, 0.717) is 5.75 Å². The summed E-state index contributed by atoms with van der Waals surface area (Å²) >= 11 is 0. The first kappa shape index (κ1) is 15.4. The Labute approximate surface area is 133 Å². The average molecular weight is 319 g/mol. The summed E-state index contributed by atoms with van der Waals surface area (Å²) in [7, 11) is -1.23. The topological polar surface area (TPSA) is 60.2 Å². The van der Waals surface area contributed by atoms with Gasteiger partial charge in [0.25, 0.3) is 0 Å². The van der Waals surface area contributed by atoms with Crippen LogP contribution in [0.5, 0.6) is 0 Å². The number of fused-ring (bicyclic) bond motifs is 2. The molecule has 0 heterocycles. The van der Waals surface area contributed by atoms with Crippen LogP contribution in [0.25, 0.3) is 0 Å². The second-order valence-corrected chi connectivity index (χ2v) is 8.53. The Morgan fingerprint density at radius 3 is 2.68 bits per heavy atom. The van der Waals surface area contributed by atoms with Crippen LogP contribution in [0.1, 0.15) is 31.7 Å². The molecule has 0 unspecified atom stereocenters. The third kappa shape index (κ3) is 2.32. The molecule has 2 aliphatic rings. The van der Waals surface area contributed by atoms with Crippen molar-refractivity contribution in [2.75, 3.05) is 5.75 Å². The van der Waals surface area contributed by atoms with Crippen molar-refractivity contribution in [3.63, 3.8) is 0 Å². The van der Waals surface area contributed by atoms with Crippen molar-refractivity contribution in [2.24, 2.45) is 11.8 Å². The molecule has 2 bridgehead atoms. The summed E-state index contributed by atoms with van der Waals surface area (Å²) in [4.78, 5) is 11.3. The smallest absolute Gasteiger partial charge is 0.236 e. The van der Waals surface area contributed by atoms with Crippen molar-refractivity contribution in [2.45, 2.75) is 37.0 Å². The number of hydrogen-bond donors (Lipinski definition) is 0. The largest absolute Gasteiger partial charge is 0.264 e. The van der Waals surface area contributed by atoms with Crippen LogP contribution in [0, 0.1) is 22.0 Å². The predicted molar refractivity (Wildman–Crippen MR) is 87.8 cm³/mol. The van der Waals surface area contributed by atoms with E-state index < -0.39 is 21.6 Å². The minimum atomic E-state index is -1.23. The van der Waals surface area contributed by atoms with E-state index in [9.17, 15) is 14.3 Å². The van der Waals surface area contributed by atoms with Gasteiger partial charge in [-0.3, -0.25) is 14.3 Å². The normalized spacial score (nSPS) is 35.5. The summed E-state index contributed by atoms with van der Waals surface area (Å²) in [6, 6.07) is 9.22. The Balaban J connectivity index is 1.82. The summed E-state index contributed by atoms with van der Waals surface area (Å²) in [5, 5.41) is 11.5. The molecule has 2 aliphatic carbocycles. The van der Waals surface area contributed by atoms with Crippen molar-refractivity contribution in [1.29, 1.82) is 0 Å². The van der Waals surface area contributed by atoms with Gasteiger partial charge in [0.15, 0.2) is 0 Å². The van der Waals surface area contributed by atoms with Gasteiger partial charge in [0, 0.05) is 33.3 Å². The Morgan fingerprint density at radius 2 is 2.05 bits per heavy atom. The Morgan fingerprint density at radius 1 is 1.36 bits per heavy atom. The lowest BCUT2D eigenvalue weighted by Crippen LogP contribution is -2.51. The number of nitrogens with zero attached hydrogens (tertiary/aromatic N) is 1. The minimum Gasteiger partial charge on any atom is -0.264 e. The molecule has 0 amide bonds. The summed E-state index contributed by atoms with van der Waals surface area (Å²) in [6.45, 7) is 3.89. The van der Waals surface area contributed by atoms with Gasteiger partial charge < -0.3 is 0 Å². The Bertz CT molecular complexity index is 630. The zero-order valence-corrected chi connectivity index (χ0v) is 13.7. The zero-order valence-electron chi connectivity index (χ0n) is 12.8. The third-order valence-corrected chi connectivity index (χ3v) is 7.66. The van der Waals surface area contributed by atoms with Crippen molar-refractivity contribution in [1.82, 2.24) is 0 Å². The van der Waals surface area contributed by atoms with Gasteiger partial charge in [0.2, 0.25) is 6.04 Å². The second-order valence-electron chi connectivity index (χ2n) is 6.63. The fraction of sp³-hybridized carbons (Fsp3) is 0.529. The van der Waals surface area contributed by atoms with E-state index in [-0.39, 0.29) is 22.7 Å². The third-order valence-electron chi connectivity index (χ3n) is 5.33. The molecule has 0 saturated heterocycles. The van der Waals surface area contributed by atoms with Crippen LogP contribution in [0.15, 0.2) is 42.5 Å². The van der Waals surface area contributed by atoms with E-state index in [2.05, 4.69) is 0 Å². The SMILES string of the molecule is C[C@H](C[S@@](=O)[C@]1(C)[C@H]2C=C[C@H](C2)[C@H]1[N+](=O)[O-])c1ccccc1. The minimum absolute atomic E-state index is 0.0546. The highest BCUT2D eigenvalue weighted by molar-refractivity contribution is 7.86. The molecule has 1 aromatic rings. The Kier molecular flexibility index (Phi) is 3.93. The highest BCUT2D eigenvalue weighted by Crippen LogP contribution is 2.51. The van der Waals surface area contributed by atoms with Crippen molar-refractivity contribution in [3.8, 4) is 0 Å². The molecule has 0 spiro atoms. The van der Waals surface area contributed by atoms with E-state index in [1.165, 1.54) is 0 Å². The molecule has 1 aromatic carbocycles. The predicted octanol–water partition coefficient (Wildman–Crippen LogP) is 3.15. The van der Waals surface area contributed by atoms with Crippen LogP contribution in [0.4, 0.5) is 0 Å². The van der Waals surface area contributed by atoms with Crippen LogP contribution in [-0.4, -0.2) is 25.7 Å². The van der Waals surface area contributed by atoms with Gasteiger partial charge in [-0.1, -0.05) is 49.4 Å². The van der Waals surface area contributed by atoms with Crippen LogP contribution in [0.2, 0.25) is 0 Å². The maximum Gasteiger partial charge on any atom is 0.236 e. The highest BCUT2D eigenvalue weighted by atomic mass is 32.2. The molecule has 1 fully saturated rings. The second kappa shape index (κ2) is 5.61. The molecule has 22 heavy (non-hydrogen) atoms. The van der Waals surface area contributed by atoms with Gasteiger partial charge in [0.1, 0.15) is 4.75 Å². The standard InChI is InChI=1S/C17H21NO3S/c1-12(13-6-4-3-5-7-13)11-22(21)17(2)15-9-8-14(10-15)16(17)18(19)20/h3-9,12,14-16H,10-11H2,1-2H3/t12-,14-,15+,16-,17-,22-/m1/s1. The highest BCUT2D eigenvalue weighted by Gasteiger charge is 2.63. The first-order chi connectivity index (χ1) is 10.4. The fourth-order valence-corrected chi connectivity index (χ4v) is 6.03. The number of nitro groups is 1. The van der Waals surface area contributed by atoms with E-state index >= 15 is 0 Å². The van der Waals surface area contributed by atoms with Gasteiger partial charge in [-0.15, -0.1) is 0 Å². The van der Waals surface area contributed by atoms with Gasteiger partial charge in [0.05, 0.1) is 0 Å². The van der Waals surface area contributed by atoms with E-state index in [4.69, 9.17) is 0 Å². The summed E-state index contributed by atoms with van der Waals surface area (Å²) in [5.41, 5.74) is 1.14. The lowest BCUT2D eigenvalue weighted by atomic mass is 9.90. The molecule has 3 rings (SSSR count). The number of benzene rings is 1. The van der Waals surface area contributed by atoms with Crippen LogP contribution >= 0.6 is 0 Å². The molecule has 118 valence electrons. The molecule has 1 saturated carbocycles. The Hall–Kier alpha value is -1.49. The van der Waals surface area contributed by atoms with Crippen molar-refractivity contribution >= 4 is 10.8 Å². The monoisotopic (exact) mass is 319 g/mol. The number of allylic oxidation sites excluding steroid dienone is 1. The molecule has 0 radical (unpaired) electrons. The van der Waals surface area contributed by atoms with E-state index in [0.717, 1.165) is 12.0 Å². The number of hydrogen-bond acceptors (Lipinski definition) is 3. The first-order valence-corrected chi connectivity index (χ1v) is 9.01. The van der Waals surface area contributed by atoms with Crippen molar-refractivity contribution in [3.05, 3.63) is 58.2 Å². The average Bonchev–Trinajstić information content (AvgIpc) is 3.07. The number of rotatable bonds is 5.